The lowest BCUT2D eigenvalue weighted by molar-refractivity contribution is 0.989. The van der Waals surface area contributed by atoms with Crippen LogP contribution in [0.3, 0.4) is 0 Å². The lowest BCUT2D eigenvalue weighted by atomic mass is 10.1. The van der Waals surface area contributed by atoms with Crippen molar-refractivity contribution >= 4 is 0 Å². The van der Waals surface area contributed by atoms with Crippen LogP contribution in [0.5, 0.6) is 0 Å². The smallest absolute Gasteiger partial charge is 0.136 e. The van der Waals surface area contributed by atoms with Gasteiger partial charge in [0, 0.05) is 0 Å². The average molecular weight is 93.1 g/mol. The van der Waals surface area contributed by atoms with E-state index in [-0.39, 0.29) is 0 Å². The molecule has 0 saturated carbocycles. The molecule has 1 radical (unpaired) electrons. The van der Waals surface area contributed by atoms with E-state index in [1.807, 2.05) is 0 Å². The Morgan fingerprint density at radius 2 is 1.86 bits per heavy atom. The van der Waals surface area contributed by atoms with Gasteiger partial charge in [0.2, 0.25) is 0 Å². The minimum absolute atomic E-state index is 0.528. The van der Waals surface area contributed by atoms with Gasteiger partial charge < -0.3 is 0 Å². The molecule has 0 fully saturated rings. The molecule has 0 aromatic heterocycles. The summed E-state index contributed by atoms with van der Waals surface area (Å²) < 4.78 is 0. The first-order valence-electron chi connectivity index (χ1n) is 1.94. The highest BCUT2D eigenvalue weighted by Crippen LogP contribution is 1.93. The van der Waals surface area contributed by atoms with Crippen molar-refractivity contribution in [3.63, 3.8) is 0 Å². The zero-order chi connectivity index (χ0) is 5.70. The summed E-state index contributed by atoms with van der Waals surface area (Å²) in [5.74, 6) is -0.528. The Bertz CT molecular complexity index is 101. The van der Waals surface area contributed by atoms with Gasteiger partial charge in [-0.1, -0.05) is 6.92 Å². The SMILES string of the molecule is C[CH]C(C#N)C#N. The minimum atomic E-state index is -0.528. The van der Waals surface area contributed by atoms with Crippen molar-refractivity contribution in [2.24, 2.45) is 5.92 Å². The second-order valence-corrected chi connectivity index (χ2v) is 1.07. The van der Waals surface area contributed by atoms with E-state index in [4.69, 9.17) is 10.5 Å². The molecule has 2 heteroatoms. The Labute approximate surface area is 43.0 Å². The van der Waals surface area contributed by atoms with Gasteiger partial charge in [-0.15, -0.1) is 0 Å². The molecular weight excluding hydrogens is 88.1 g/mol. The van der Waals surface area contributed by atoms with Gasteiger partial charge >= 0.3 is 0 Å². The number of rotatable bonds is 1. The van der Waals surface area contributed by atoms with Gasteiger partial charge in [-0.3, -0.25) is 0 Å². The second kappa shape index (κ2) is 3.18. The molecule has 35 valence electrons. The van der Waals surface area contributed by atoms with Gasteiger partial charge in [0.25, 0.3) is 0 Å². The van der Waals surface area contributed by atoms with Gasteiger partial charge in [0.15, 0.2) is 0 Å². The van der Waals surface area contributed by atoms with Crippen LogP contribution in [0.1, 0.15) is 6.92 Å². The molecule has 0 aromatic carbocycles. The number of nitrogens with zero attached hydrogens (tertiary/aromatic N) is 2. The van der Waals surface area contributed by atoms with Crippen molar-refractivity contribution in [1.29, 1.82) is 10.5 Å². The Hall–Kier alpha value is -1.02. The topological polar surface area (TPSA) is 47.6 Å². The fraction of sp³-hybridized carbons (Fsp3) is 0.400. The van der Waals surface area contributed by atoms with Gasteiger partial charge in [-0.25, -0.2) is 0 Å². The molecule has 0 aliphatic rings. The first-order chi connectivity index (χ1) is 3.35. The zero-order valence-electron chi connectivity index (χ0n) is 4.05. The molecule has 0 heterocycles. The van der Waals surface area contributed by atoms with Crippen molar-refractivity contribution < 1.29 is 0 Å². The quantitative estimate of drug-likeness (QED) is 0.483. The van der Waals surface area contributed by atoms with Gasteiger partial charge in [-0.2, -0.15) is 10.5 Å². The highest BCUT2D eigenvalue weighted by Gasteiger charge is 1.97. The first-order valence-corrected chi connectivity index (χ1v) is 1.94. The van der Waals surface area contributed by atoms with E-state index < -0.39 is 5.92 Å². The van der Waals surface area contributed by atoms with Crippen LogP contribution >= 0.6 is 0 Å². The molecule has 0 aliphatic carbocycles. The maximum Gasteiger partial charge on any atom is 0.136 e. The van der Waals surface area contributed by atoms with E-state index >= 15 is 0 Å². The van der Waals surface area contributed by atoms with Crippen LogP contribution in [0.25, 0.3) is 0 Å². The van der Waals surface area contributed by atoms with Gasteiger partial charge in [0.05, 0.1) is 12.1 Å². The molecule has 0 atom stereocenters. The summed E-state index contributed by atoms with van der Waals surface area (Å²) >= 11 is 0. The summed E-state index contributed by atoms with van der Waals surface area (Å²) in [5, 5.41) is 16.0. The Morgan fingerprint density at radius 1 is 1.43 bits per heavy atom. The summed E-state index contributed by atoms with van der Waals surface area (Å²) in [7, 11) is 0. The molecule has 0 amide bonds. The molecule has 0 unspecified atom stereocenters. The van der Waals surface area contributed by atoms with Crippen molar-refractivity contribution in [1.82, 2.24) is 0 Å². The van der Waals surface area contributed by atoms with Crippen LogP contribution in [-0.2, 0) is 0 Å². The van der Waals surface area contributed by atoms with E-state index in [1.54, 1.807) is 25.5 Å². The molecule has 0 saturated heterocycles. The van der Waals surface area contributed by atoms with Crippen molar-refractivity contribution in [2.75, 3.05) is 0 Å². The molecule has 2 nitrogen and oxygen atoms in total. The van der Waals surface area contributed by atoms with E-state index in [2.05, 4.69) is 0 Å². The molecule has 0 rings (SSSR count). The highest BCUT2D eigenvalue weighted by atomic mass is 14.3. The van der Waals surface area contributed by atoms with Crippen molar-refractivity contribution in [3.8, 4) is 12.1 Å². The summed E-state index contributed by atoms with van der Waals surface area (Å²) in [5.41, 5.74) is 0. The van der Waals surface area contributed by atoms with E-state index in [0.717, 1.165) is 0 Å². The van der Waals surface area contributed by atoms with Crippen LogP contribution in [0, 0.1) is 35.0 Å². The fourth-order valence-corrected chi connectivity index (χ4v) is 0.178. The molecule has 0 spiro atoms. The van der Waals surface area contributed by atoms with Crippen LogP contribution in [0.4, 0.5) is 0 Å². The third-order valence-electron chi connectivity index (χ3n) is 0.612. The molecule has 0 N–H and O–H groups in total. The largest absolute Gasteiger partial charge is 0.197 e. The predicted octanol–water partition coefficient (Wildman–Crippen LogP) is 0.874. The van der Waals surface area contributed by atoms with Crippen molar-refractivity contribution in [2.45, 2.75) is 6.92 Å². The third-order valence-corrected chi connectivity index (χ3v) is 0.612. The first kappa shape index (κ1) is 5.98. The molecular formula is C5H5N2. The number of hydrogen-bond acceptors (Lipinski definition) is 2. The summed E-state index contributed by atoms with van der Waals surface area (Å²) in [6.45, 7) is 1.69. The lowest BCUT2D eigenvalue weighted by Crippen LogP contribution is -1.87. The monoisotopic (exact) mass is 93.0 g/mol. The zero-order valence-corrected chi connectivity index (χ0v) is 4.05. The molecule has 0 aromatic rings. The highest BCUT2D eigenvalue weighted by molar-refractivity contribution is 5.04. The summed E-state index contributed by atoms with van der Waals surface area (Å²) in [4.78, 5) is 0. The van der Waals surface area contributed by atoms with E-state index in [1.165, 1.54) is 0 Å². The lowest BCUT2D eigenvalue weighted by Gasteiger charge is -1.83. The third kappa shape index (κ3) is 1.78. The normalized spacial score (nSPS) is 7.43. The van der Waals surface area contributed by atoms with Crippen LogP contribution in [0.15, 0.2) is 0 Å². The predicted molar refractivity (Wildman–Crippen MR) is 24.7 cm³/mol. The number of nitriles is 2. The second-order valence-electron chi connectivity index (χ2n) is 1.07. The molecule has 0 aliphatic heterocycles. The maximum absolute atomic E-state index is 8.02. The molecule has 0 bridgehead atoms. The van der Waals surface area contributed by atoms with Crippen LogP contribution < -0.4 is 0 Å². The Morgan fingerprint density at radius 3 is 1.86 bits per heavy atom. The maximum atomic E-state index is 8.02. The Kier molecular flexibility index (Phi) is 2.72. The van der Waals surface area contributed by atoms with Crippen LogP contribution in [0.2, 0.25) is 0 Å². The van der Waals surface area contributed by atoms with Crippen molar-refractivity contribution in [3.05, 3.63) is 6.42 Å². The molecule has 7 heavy (non-hydrogen) atoms. The average Bonchev–Trinajstić information content (AvgIpc) is 1.72. The number of hydrogen-bond donors (Lipinski definition) is 0. The van der Waals surface area contributed by atoms with Crippen LogP contribution in [-0.4, -0.2) is 0 Å². The standard InChI is InChI=1S/C5H5N2/c1-2-5(3-6)4-7/h2,5H,1H3. The summed E-state index contributed by atoms with van der Waals surface area (Å²) in [6, 6.07) is 3.57. The Balaban J connectivity index is 3.50. The van der Waals surface area contributed by atoms with E-state index in [9.17, 15) is 0 Å². The minimum Gasteiger partial charge on any atom is -0.197 e. The fourth-order valence-electron chi connectivity index (χ4n) is 0.178. The van der Waals surface area contributed by atoms with E-state index in [0.29, 0.717) is 0 Å². The summed E-state index contributed by atoms with van der Waals surface area (Å²) in [6.07, 6.45) is 1.56. The van der Waals surface area contributed by atoms with Gasteiger partial charge in [-0.05, 0) is 6.42 Å². The van der Waals surface area contributed by atoms with Gasteiger partial charge in [0.1, 0.15) is 5.92 Å².